The van der Waals surface area contributed by atoms with Crippen molar-refractivity contribution in [3.05, 3.63) is 65.9 Å². The molecule has 2 aliphatic rings. The van der Waals surface area contributed by atoms with Gasteiger partial charge in [0.2, 0.25) is 0 Å². The van der Waals surface area contributed by atoms with E-state index in [1.807, 2.05) is 0 Å². The van der Waals surface area contributed by atoms with Crippen LogP contribution in [0.2, 0.25) is 0 Å². The zero-order valence-corrected chi connectivity index (χ0v) is 11.4. The minimum absolute atomic E-state index is 0.260. The monoisotopic (exact) mass is 250 g/mol. The maximum Gasteiger partial charge on any atom is 0.0898 e. The van der Waals surface area contributed by atoms with Crippen molar-refractivity contribution in [3.63, 3.8) is 0 Å². The Bertz CT molecular complexity index is 591. The molecule has 1 aromatic rings. The highest BCUT2D eigenvalue weighted by Crippen LogP contribution is 2.32. The number of benzene rings is 1. The molecule has 0 N–H and O–H groups in total. The molecule has 1 aromatic carbocycles. The summed E-state index contributed by atoms with van der Waals surface area (Å²) in [5.74, 6) is 0. The van der Waals surface area contributed by atoms with E-state index in [1.165, 1.54) is 17.0 Å². The number of nitrogens with zero attached hydrogens (tertiary/aromatic N) is 2. The summed E-state index contributed by atoms with van der Waals surface area (Å²) in [4.78, 5) is 7.18. The molecule has 0 spiro atoms. The Hall–Kier alpha value is -2.09. The van der Waals surface area contributed by atoms with Crippen LogP contribution >= 0.6 is 0 Å². The smallest absolute Gasteiger partial charge is 0.0898 e. The lowest BCUT2D eigenvalue weighted by molar-refractivity contribution is 0.468. The van der Waals surface area contributed by atoms with Gasteiger partial charge in [0.25, 0.3) is 0 Å². The predicted molar refractivity (Wildman–Crippen MR) is 80.9 cm³/mol. The summed E-state index contributed by atoms with van der Waals surface area (Å²) in [6.45, 7) is 2.17. The topological polar surface area (TPSA) is 15.6 Å². The molecule has 2 heteroatoms. The molecule has 0 saturated carbocycles. The molecule has 96 valence electrons. The molecule has 1 heterocycles. The Labute approximate surface area is 114 Å². The van der Waals surface area contributed by atoms with Gasteiger partial charge in [-0.15, -0.1) is 0 Å². The molecule has 3 rings (SSSR count). The van der Waals surface area contributed by atoms with Crippen molar-refractivity contribution in [3.8, 4) is 0 Å². The summed E-state index contributed by atoms with van der Waals surface area (Å²) in [5.41, 5.74) is 4.80. The fourth-order valence-electron chi connectivity index (χ4n) is 2.72. The van der Waals surface area contributed by atoms with Gasteiger partial charge in [0, 0.05) is 7.05 Å². The first-order chi connectivity index (χ1) is 9.31. The minimum Gasteiger partial charge on any atom is -0.361 e. The van der Waals surface area contributed by atoms with Gasteiger partial charge in [-0.2, -0.15) is 0 Å². The maximum absolute atomic E-state index is 4.85. The van der Waals surface area contributed by atoms with E-state index in [4.69, 9.17) is 4.99 Å². The lowest BCUT2D eigenvalue weighted by Crippen LogP contribution is -2.39. The van der Waals surface area contributed by atoms with Crippen LogP contribution in [-0.2, 0) is 0 Å². The second-order valence-electron chi connectivity index (χ2n) is 4.85. The van der Waals surface area contributed by atoms with E-state index >= 15 is 0 Å². The van der Waals surface area contributed by atoms with Gasteiger partial charge in [-0.1, -0.05) is 55.5 Å². The minimum atomic E-state index is 0.260. The summed E-state index contributed by atoms with van der Waals surface area (Å²) in [6.07, 6.45) is 9.42. The summed E-state index contributed by atoms with van der Waals surface area (Å²) >= 11 is 0. The molecule has 0 amide bonds. The quantitative estimate of drug-likeness (QED) is 0.782. The van der Waals surface area contributed by atoms with E-state index in [2.05, 4.69) is 73.5 Å². The van der Waals surface area contributed by atoms with Crippen molar-refractivity contribution in [2.75, 3.05) is 7.05 Å². The molecule has 1 aliphatic heterocycles. The molecule has 0 radical (unpaired) electrons. The number of allylic oxidation sites excluding steroid dienone is 3. The molecule has 0 fully saturated rings. The van der Waals surface area contributed by atoms with Crippen LogP contribution in [0.15, 0.2) is 65.3 Å². The number of hydrogen-bond acceptors (Lipinski definition) is 2. The summed E-state index contributed by atoms with van der Waals surface area (Å²) < 4.78 is 0. The largest absolute Gasteiger partial charge is 0.361 e. The Morgan fingerprint density at radius 2 is 1.95 bits per heavy atom. The molecule has 1 atom stereocenters. The zero-order chi connectivity index (χ0) is 13.2. The van der Waals surface area contributed by atoms with Gasteiger partial charge in [0.15, 0.2) is 0 Å². The number of rotatable bonds is 2. The SMILES string of the molecule is CCC1=C(c2ccccc2)N(C)C2C=CC=CC2=N1. The van der Waals surface area contributed by atoms with Crippen LogP contribution in [0.3, 0.4) is 0 Å². The highest BCUT2D eigenvalue weighted by atomic mass is 15.2. The number of likely N-dealkylation sites (N-methyl/N-ethyl adjacent to an activating group) is 1. The zero-order valence-electron chi connectivity index (χ0n) is 11.4. The van der Waals surface area contributed by atoms with Gasteiger partial charge < -0.3 is 4.90 Å². The van der Waals surface area contributed by atoms with Gasteiger partial charge >= 0.3 is 0 Å². The van der Waals surface area contributed by atoms with Crippen LogP contribution in [0, 0.1) is 0 Å². The van der Waals surface area contributed by atoms with Crippen molar-refractivity contribution in [2.24, 2.45) is 4.99 Å². The maximum atomic E-state index is 4.85. The van der Waals surface area contributed by atoms with Crippen molar-refractivity contribution in [1.29, 1.82) is 0 Å². The summed E-state index contributed by atoms with van der Waals surface area (Å²) in [5, 5.41) is 0. The average Bonchev–Trinajstić information content (AvgIpc) is 2.48. The van der Waals surface area contributed by atoms with Crippen molar-refractivity contribution in [1.82, 2.24) is 4.90 Å². The van der Waals surface area contributed by atoms with Crippen molar-refractivity contribution in [2.45, 2.75) is 19.4 Å². The van der Waals surface area contributed by atoms with E-state index in [9.17, 15) is 0 Å². The Balaban J connectivity index is 2.14. The summed E-state index contributed by atoms with van der Waals surface area (Å²) in [6, 6.07) is 10.8. The second kappa shape index (κ2) is 4.88. The standard InChI is InChI=1S/C17H18N2/c1-3-14-17(13-9-5-4-6-10-13)19(2)16-12-8-7-11-15(16)18-14/h4-12,16H,3H2,1-2H3. The number of aliphatic imine (C=N–C) groups is 1. The molecule has 2 nitrogen and oxygen atoms in total. The third kappa shape index (κ3) is 2.03. The van der Waals surface area contributed by atoms with E-state index < -0.39 is 0 Å². The Morgan fingerprint density at radius 3 is 2.68 bits per heavy atom. The first kappa shape index (κ1) is 12.0. The molecule has 0 bridgehead atoms. The van der Waals surface area contributed by atoms with Crippen LogP contribution in [-0.4, -0.2) is 23.7 Å². The highest BCUT2D eigenvalue weighted by molar-refractivity contribution is 6.05. The fourth-order valence-corrected chi connectivity index (χ4v) is 2.72. The molecule has 1 unspecified atom stereocenters. The number of fused-ring (bicyclic) bond motifs is 1. The molecular formula is C17H18N2. The lowest BCUT2D eigenvalue weighted by atomic mass is 9.98. The molecule has 1 aliphatic carbocycles. The highest BCUT2D eigenvalue weighted by Gasteiger charge is 2.27. The van der Waals surface area contributed by atoms with E-state index in [1.54, 1.807) is 0 Å². The average molecular weight is 250 g/mol. The second-order valence-corrected chi connectivity index (χ2v) is 4.85. The lowest BCUT2D eigenvalue weighted by Gasteiger charge is -2.36. The third-order valence-electron chi connectivity index (χ3n) is 3.66. The van der Waals surface area contributed by atoms with E-state index in [0.717, 1.165) is 12.1 Å². The normalized spacial score (nSPS) is 21.5. The van der Waals surface area contributed by atoms with Gasteiger partial charge in [-0.05, 0) is 18.1 Å². The van der Waals surface area contributed by atoms with Crippen LogP contribution < -0.4 is 0 Å². The van der Waals surface area contributed by atoms with Gasteiger partial charge in [0.05, 0.1) is 23.1 Å². The van der Waals surface area contributed by atoms with Crippen LogP contribution in [0.4, 0.5) is 0 Å². The molecule has 0 saturated heterocycles. The Morgan fingerprint density at radius 1 is 1.16 bits per heavy atom. The predicted octanol–water partition coefficient (Wildman–Crippen LogP) is 3.65. The van der Waals surface area contributed by atoms with Crippen molar-refractivity contribution >= 4 is 11.4 Å². The van der Waals surface area contributed by atoms with E-state index in [0.29, 0.717) is 0 Å². The first-order valence-electron chi connectivity index (χ1n) is 6.76. The van der Waals surface area contributed by atoms with E-state index in [-0.39, 0.29) is 6.04 Å². The third-order valence-corrected chi connectivity index (χ3v) is 3.66. The number of hydrogen-bond donors (Lipinski definition) is 0. The molecule has 0 aromatic heterocycles. The van der Waals surface area contributed by atoms with Crippen molar-refractivity contribution < 1.29 is 0 Å². The Kier molecular flexibility index (Phi) is 3.08. The van der Waals surface area contributed by atoms with Crippen LogP contribution in [0.5, 0.6) is 0 Å². The first-order valence-corrected chi connectivity index (χ1v) is 6.76. The van der Waals surface area contributed by atoms with Crippen LogP contribution in [0.1, 0.15) is 18.9 Å². The summed E-state index contributed by atoms with van der Waals surface area (Å²) in [7, 11) is 2.15. The van der Waals surface area contributed by atoms with Gasteiger partial charge in [0.1, 0.15) is 0 Å². The molecular weight excluding hydrogens is 232 g/mol. The fraction of sp³-hybridized carbons (Fsp3) is 0.235. The van der Waals surface area contributed by atoms with Crippen LogP contribution in [0.25, 0.3) is 5.70 Å². The molecule has 19 heavy (non-hydrogen) atoms. The van der Waals surface area contributed by atoms with Gasteiger partial charge in [-0.25, -0.2) is 0 Å². The van der Waals surface area contributed by atoms with Gasteiger partial charge in [-0.3, -0.25) is 4.99 Å².